The van der Waals surface area contributed by atoms with Crippen molar-refractivity contribution in [3.63, 3.8) is 0 Å². The van der Waals surface area contributed by atoms with Crippen LogP contribution in [0.2, 0.25) is 5.02 Å². The molecular weight excluding hydrogens is 282 g/mol. The van der Waals surface area contributed by atoms with Crippen molar-refractivity contribution >= 4 is 33.7 Å². The Kier molecular flexibility index (Phi) is 3.35. The molecule has 98 valence electrons. The summed E-state index contributed by atoms with van der Waals surface area (Å²) in [5, 5.41) is 15.1. The van der Waals surface area contributed by atoms with Crippen molar-refractivity contribution in [2.45, 2.75) is 19.9 Å². The number of hydrogen-bond donors (Lipinski definition) is 1. The minimum atomic E-state index is 0.568. The molecule has 0 aliphatic heterocycles. The largest absolute Gasteiger partial charge is 0.354 e. The van der Waals surface area contributed by atoms with E-state index in [2.05, 4.69) is 32.8 Å². The molecule has 3 rings (SSSR count). The van der Waals surface area contributed by atoms with Crippen LogP contribution in [0.1, 0.15) is 18.4 Å². The van der Waals surface area contributed by atoms with Gasteiger partial charge in [0.2, 0.25) is 0 Å². The number of anilines is 1. The molecule has 19 heavy (non-hydrogen) atoms. The van der Waals surface area contributed by atoms with Gasteiger partial charge in [0.25, 0.3) is 0 Å². The van der Waals surface area contributed by atoms with Crippen LogP contribution in [-0.4, -0.2) is 19.6 Å². The van der Waals surface area contributed by atoms with Crippen molar-refractivity contribution in [1.82, 2.24) is 19.6 Å². The smallest absolute Gasteiger partial charge is 0.183 e. The number of rotatable bonds is 4. The van der Waals surface area contributed by atoms with Gasteiger partial charge in [-0.2, -0.15) is 0 Å². The van der Waals surface area contributed by atoms with Gasteiger partial charge in [0, 0.05) is 11.6 Å². The zero-order valence-corrected chi connectivity index (χ0v) is 11.9. The van der Waals surface area contributed by atoms with Crippen LogP contribution in [0.3, 0.4) is 0 Å². The van der Waals surface area contributed by atoms with E-state index in [4.69, 9.17) is 11.6 Å². The number of nitrogens with zero attached hydrogens (tertiary/aromatic N) is 4. The average Bonchev–Trinajstić information content (AvgIpc) is 3.02. The van der Waals surface area contributed by atoms with Crippen LogP contribution in [0.4, 0.5) is 5.13 Å². The number of aromatic nitrogens is 4. The molecule has 7 heteroatoms. The maximum Gasteiger partial charge on any atom is 0.183 e. The minimum absolute atomic E-state index is 0.568. The first-order chi connectivity index (χ1) is 9.26. The molecule has 0 atom stereocenters. The number of nitrogens with one attached hydrogen (secondary N) is 1. The molecular formula is C12H12ClN5S. The molecule has 0 aliphatic carbocycles. The van der Waals surface area contributed by atoms with Crippen molar-refractivity contribution in [3.05, 3.63) is 40.3 Å². The summed E-state index contributed by atoms with van der Waals surface area (Å²) in [5.74, 6) is 0.811. The van der Waals surface area contributed by atoms with E-state index >= 15 is 0 Å². The molecule has 0 spiro atoms. The Balaban J connectivity index is 1.79. The Morgan fingerprint density at radius 2 is 2.26 bits per heavy atom. The predicted octanol–water partition coefficient (Wildman–Crippen LogP) is 3.01. The number of pyridine rings is 1. The minimum Gasteiger partial charge on any atom is -0.354 e. The Bertz CT molecular complexity index is 705. The fraction of sp³-hybridized carbons (Fsp3) is 0.250. The van der Waals surface area contributed by atoms with Crippen LogP contribution in [0, 0.1) is 0 Å². The predicted molar refractivity (Wildman–Crippen MR) is 76.8 cm³/mol. The lowest BCUT2D eigenvalue weighted by Crippen LogP contribution is -2.04. The number of halogens is 1. The molecule has 3 heterocycles. The van der Waals surface area contributed by atoms with E-state index in [9.17, 15) is 0 Å². The molecule has 0 bridgehead atoms. The second kappa shape index (κ2) is 5.14. The maximum absolute atomic E-state index is 5.98. The second-order valence-corrected chi connectivity index (χ2v) is 5.34. The third-order valence-electron chi connectivity index (χ3n) is 2.75. The summed E-state index contributed by atoms with van der Waals surface area (Å²) in [7, 11) is 0. The first-order valence-corrected chi connectivity index (χ1v) is 7.19. The first kappa shape index (κ1) is 12.4. The van der Waals surface area contributed by atoms with Crippen molar-refractivity contribution < 1.29 is 0 Å². The Morgan fingerprint density at radius 3 is 3.05 bits per heavy atom. The van der Waals surface area contributed by atoms with Crippen molar-refractivity contribution in [3.8, 4) is 0 Å². The molecule has 0 saturated heterocycles. The maximum atomic E-state index is 5.98. The molecule has 0 amide bonds. The molecule has 0 aliphatic rings. The molecule has 5 nitrogen and oxygen atoms in total. The van der Waals surface area contributed by atoms with Gasteiger partial charge >= 0.3 is 0 Å². The standard InChI is InChI=1S/C12H12ClN5S/c1-2-9-7-19-12(15-9)14-5-11-17-16-10-4-3-8(13)6-18(10)11/h3-4,6-7H,2,5H2,1H3,(H,14,15). The van der Waals surface area contributed by atoms with Gasteiger partial charge in [-0.15, -0.1) is 21.5 Å². The molecule has 1 N–H and O–H groups in total. The lowest BCUT2D eigenvalue weighted by Gasteiger charge is -2.01. The lowest BCUT2D eigenvalue weighted by molar-refractivity contribution is 0.913. The van der Waals surface area contributed by atoms with E-state index in [0.29, 0.717) is 11.6 Å². The third-order valence-corrected chi connectivity index (χ3v) is 3.82. The van der Waals surface area contributed by atoms with Crippen LogP contribution in [0.15, 0.2) is 23.7 Å². The van der Waals surface area contributed by atoms with Gasteiger partial charge in [0.1, 0.15) is 0 Å². The highest BCUT2D eigenvalue weighted by Crippen LogP contribution is 2.17. The Morgan fingerprint density at radius 1 is 1.37 bits per heavy atom. The molecule has 0 fully saturated rings. The molecule has 0 aromatic carbocycles. The number of fused-ring (bicyclic) bond motifs is 1. The van der Waals surface area contributed by atoms with Gasteiger partial charge in [-0.05, 0) is 18.6 Å². The van der Waals surface area contributed by atoms with E-state index < -0.39 is 0 Å². The van der Waals surface area contributed by atoms with Crippen molar-refractivity contribution in [2.24, 2.45) is 0 Å². The Hall–Kier alpha value is -1.66. The van der Waals surface area contributed by atoms with E-state index in [1.807, 2.05) is 16.7 Å². The summed E-state index contributed by atoms with van der Waals surface area (Å²) in [4.78, 5) is 4.45. The van der Waals surface area contributed by atoms with Crippen LogP contribution < -0.4 is 5.32 Å². The SMILES string of the molecule is CCc1csc(NCc2nnc3ccc(Cl)cn23)n1. The van der Waals surface area contributed by atoms with Gasteiger partial charge in [-0.3, -0.25) is 4.40 Å². The molecule has 0 saturated carbocycles. The van der Waals surface area contributed by atoms with Gasteiger partial charge < -0.3 is 5.32 Å². The summed E-state index contributed by atoms with van der Waals surface area (Å²) < 4.78 is 1.88. The quantitative estimate of drug-likeness (QED) is 0.803. The average molecular weight is 294 g/mol. The topological polar surface area (TPSA) is 55.1 Å². The van der Waals surface area contributed by atoms with E-state index in [1.165, 1.54) is 0 Å². The van der Waals surface area contributed by atoms with E-state index in [1.54, 1.807) is 17.4 Å². The van der Waals surface area contributed by atoms with Crippen molar-refractivity contribution in [2.75, 3.05) is 5.32 Å². The fourth-order valence-electron chi connectivity index (χ4n) is 1.74. The number of thiazole rings is 1. The zero-order chi connectivity index (χ0) is 13.2. The van der Waals surface area contributed by atoms with Gasteiger partial charge in [-0.25, -0.2) is 4.98 Å². The van der Waals surface area contributed by atoms with Gasteiger partial charge in [0.05, 0.1) is 17.3 Å². The molecule has 0 unspecified atom stereocenters. The summed E-state index contributed by atoms with van der Waals surface area (Å²) in [6.07, 6.45) is 2.76. The normalized spacial score (nSPS) is 11.1. The lowest BCUT2D eigenvalue weighted by atomic mass is 10.4. The number of hydrogen-bond acceptors (Lipinski definition) is 5. The highest BCUT2D eigenvalue weighted by Gasteiger charge is 2.06. The first-order valence-electron chi connectivity index (χ1n) is 5.93. The van der Waals surface area contributed by atoms with Crippen LogP contribution >= 0.6 is 22.9 Å². The highest BCUT2D eigenvalue weighted by molar-refractivity contribution is 7.13. The third kappa shape index (κ3) is 2.54. The van der Waals surface area contributed by atoms with Crippen LogP contribution in [0.5, 0.6) is 0 Å². The van der Waals surface area contributed by atoms with Crippen LogP contribution in [-0.2, 0) is 13.0 Å². The fourth-order valence-corrected chi connectivity index (χ4v) is 2.69. The second-order valence-electron chi connectivity index (χ2n) is 4.04. The monoisotopic (exact) mass is 293 g/mol. The van der Waals surface area contributed by atoms with E-state index in [-0.39, 0.29) is 0 Å². The van der Waals surface area contributed by atoms with E-state index in [0.717, 1.165) is 28.7 Å². The summed E-state index contributed by atoms with van der Waals surface area (Å²) in [6, 6.07) is 3.65. The summed E-state index contributed by atoms with van der Waals surface area (Å²) >= 11 is 7.58. The Labute approximate surface area is 119 Å². The summed E-state index contributed by atoms with van der Waals surface area (Å²) in [5.41, 5.74) is 1.89. The van der Waals surface area contributed by atoms with Crippen LogP contribution in [0.25, 0.3) is 5.65 Å². The number of aryl methyl sites for hydroxylation is 1. The van der Waals surface area contributed by atoms with Crippen molar-refractivity contribution in [1.29, 1.82) is 0 Å². The van der Waals surface area contributed by atoms with Gasteiger partial charge in [-0.1, -0.05) is 18.5 Å². The summed E-state index contributed by atoms with van der Waals surface area (Å²) in [6.45, 7) is 2.66. The molecule has 3 aromatic rings. The molecule has 3 aromatic heterocycles. The van der Waals surface area contributed by atoms with Gasteiger partial charge in [0.15, 0.2) is 16.6 Å². The molecule has 0 radical (unpaired) electrons. The highest BCUT2D eigenvalue weighted by atomic mass is 35.5. The zero-order valence-electron chi connectivity index (χ0n) is 10.3.